The Morgan fingerprint density at radius 3 is 0.607 bits per heavy atom. The number of hydrogen-bond acceptors (Lipinski definition) is 7. The highest BCUT2D eigenvalue weighted by Gasteiger charge is 2.24. The molecule has 0 unspecified atom stereocenters. The SMILES string of the molecule is CC(=O)Oc1c(C(C)C)cc(-c2cc(C(C)C)c(O)c(C(C)C)c2)cc1C(C)C.CC(=O)Oc1c(C(C)C)cc(-c2cc(C(C)C)c(OC(C)=O)c(C(C)C)c2)cc1C(C)C. The average Bonchev–Trinajstić information content (AvgIpc) is 3.13. The zero-order valence-electron chi connectivity index (χ0n) is 40.6. The van der Waals surface area contributed by atoms with Gasteiger partial charge in [0.15, 0.2) is 0 Å². The summed E-state index contributed by atoms with van der Waals surface area (Å²) in [5.41, 5.74) is 12.4. The smallest absolute Gasteiger partial charge is 0.308 e. The van der Waals surface area contributed by atoms with Crippen molar-refractivity contribution < 1.29 is 33.7 Å². The molecule has 0 aliphatic rings. The molecule has 0 saturated carbocycles. The van der Waals surface area contributed by atoms with Crippen molar-refractivity contribution in [2.45, 2.75) is 179 Å². The number of esters is 3. The Labute approximate surface area is 367 Å². The second-order valence-corrected chi connectivity index (χ2v) is 19.0. The first kappa shape index (κ1) is 50.4. The van der Waals surface area contributed by atoms with Crippen molar-refractivity contribution in [3.05, 3.63) is 93.0 Å². The predicted molar refractivity (Wildman–Crippen MR) is 252 cm³/mol. The van der Waals surface area contributed by atoms with Crippen LogP contribution in [0.1, 0.15) is 223 Å². The van der Waals surface area contributed by atoms with Gasteiger partial charge in [0.1, 0.15) is 23.0 Å². The molecule has 0 radical (unpaired) electrons. The van der Waals surface area contributed by atoms with Gasteiger partial charge in [-0.2, -0.15) is 0 Å². The fourth-order valence-electron chi connectivity index (χ4n) is 7.61. The first-order valence-corrected chi connectivity index (χ1v) is 22.2. The van der Waals surface area contributed by atoms with Crippen molar-refractivity contribution in [2.24, 2.45) is 0 Å². The second-order valence-electron chi connectivity index (χ2n) is 19.0. The zero-order valence-corrected chi connectivity index (χ0v) is 40.6. The lowest BCUT2D eigenvalue weighted by atomic mass is 9.86. The molecule has 7 nitrogen and oxygen atoms in total. The maximum absolute atomic E-state index is 11.8. The van der Waals surface area contributed by atoms with Crippen LogP contribution in [0.5, 0.6) is 23.0 Å². The summed E-state index contributed by atoms with van der Waals surface area (Å²) in [6.45, 7) is 38.1. The third kappa shape index (κ3) is 12.6. The summed E-state index contributed by atoms with van der Waals surface area (Å²) in [4.78, 5) is 35.4. The summed E-state index contributed by atoms with van der Waals surface area (Å²) in [6, 6.07) is 17.0. The van der Waals surface area contributed by atoms with Gasteiger partial charge in [-0.3, -0.25) is 14.4 Å². The number of ether oxygens (including phenoxy) is 3. The van der Waals surface area contributed by atoms with Crippen LogP contribution in [-0.2, 0) is 14.4 Å². The molecule has 0 saturated heterocycles. The number of carbonyl (C=O) groups is 3. The third-order valence-electron chi connectivity index (χ3n) is 11.0. The van der Waals surface area contributed by atoms with Crippen molar-refractivity contribution in [1.82, 2.24) is 0 Å². The van der Waals surface area contributed by atoms with Crippen LogP contribution in [0.2, 0.25) is 0 Å². The van der Waals surface area contributed by atoms with Gasteiger partial charge in [-0.05, 0) is 163 Å². The predicted octanol–water partition coefficient (Wildman–Crippen LogP) is 15.2. The molecular weight excluding hydrogens is 761 g/mol. The normalized spacial score (nSPS) is 11.7. The van der Waals surface area contributed by atoms with Gasteiger partial charge in [-0.1, -0.05) is 111 Å². The van der Waals surface area contributed by atoms with Gasteiger partial charge < -0.3 is 19.3 Å². The van der Waals surface area contributed by atoms with Gasteiger partial charge in [0.2, 0.25) is 0 Å². The van der Waals surface area contributed by atoms with Gasteiger partial charge in [0.25, 0.3) is 0 Å². The average molecular weight is 835 g/mol. The summed E-state index contributed by atoms with van der Waals surface area (Å²) in [5.74, 6) is 3.18. The van der Waals surface area contributed by atoms with E-state index >= 15 is 0 Å². The quantitative estimate of drug-likeness (QED) is 0.106. The number of phenolic OH excluding ortho intramolecular Hbond substituents is 1. The molecule has 7 heteroatoms. The molecule has 332 valence electrons. The van der Waals surface area contributed by atoms with E-state index in [4.69, 9.17) is 14.2 Å². The largest absolute Gasteiger partial charge is 0.507 e. The molecule has 0 heterocycles. The van der Waals surface area contributed by atoms with Crippen LogP contribution in [0.4, 0.5) is 0 Å². The molecule has 0 bridgehead atoms. The van der Waals surface area contributed by atoms with Gasteiger partial charge in [-0.25, -0.2) is 0 Å². The number of carbonyl (C=O) groups excluding carboxylic acids is 3. The van der Waals surface area contributed by atoms with Crippen molar-refractivity contribution in [3.63, 3.8) is 0 Å². The summed E-state index contributed by atoms with van der Waals surface area (Å²) in [5, 5.41) is 10.8. The topological polar surface area (TPSA) is 99.1 Å². The molecule has 1 N–H and O–H groups in total. The highest BCUT2D eigenvalue weighted by atomic mass is 16.5. The van der Waals surface area contributed by atoms with E-state index in [1.165, 1.54) is 20.8 Å². The van der Waals surface area contributed by atoms with Crippen LogP contribution in [0.25, 0.3) is 22.3 Å². The minimum Gasteiger partial charge on any atom is -0.507 e. The van der Waals surface area contributed by atoms with Crippen LogP contribution in [-0.4, -0.2) is 23.0 Å². The molecule has 4 aromatic rings. The summed E-state index contributed by atoms with van der Waals surface area (Å²) >= 11 is 0. The monoisotopic (exact) mass is 835 g/mol. The second kappa shape index (κ2) is 21.3. The summed E-state index contributed by atoms with van der Waals surface area (Å²) in [6.07, 6.45) is 0. The van der Waals surface area contributed by atoms with Crippen LogP contribution in [0.15, 0.2) is 48.5 Å². The Morgan fingerprint density at radius 1 is 0.328 bits per heavy atom. The van der Waals surface area contributed by atoms with Gasteiger partial charge in [-0.15, -0.1) is 0 Å². The van der Waals surface area contributed by atoms with Gasteiger partial charge in [0.05, 0.1) is 0 Å². The van der Waals surface area contributed by atoms with Crippen LogP contribution < -0.4 is 14.2 Å². The fourth-order valence-corrected chi connectivity index (χ4v) is 7.61. The molecule has 4 rings (SSSR count). The number of benzene rings is 4. The summed E-state index contributed by atoms with van der Waals surface area (Å²) in [7, 11) is 0. The van der Waals surface area contributed by atoms with Crippen LogP contribution in [0.3, 0.4) is 0 Å². The molecule has 0 amide bonds. The van der Waals surface area contributed by atoms with E-state index in [0.717, 1.165) is 66.8 Å². The Morgan fingerprint density at radius 2 is 0.475 bits per heavy atom. The maximum Gasteiger partial charge on any atom is 0.308 e. The highest BCUT2D eigenvalue weighted by molar-refractivity contribution is 5.78. The Balaban J connectivity index is 0.000000327. The molecule has 0 fully saturated rings. The first-order valence-electron chi connectivity index (χ1n) is 22.2. The molecule has 0 aliphatic heterocycles. The standard InChI is InChI=1S/C28H38O4.C26H36O3/c1-15(2)23-11-21(12-24(16(3)4)27(23)31-19(9)29)22-13-25(17(5)6)28(32-20(10)30)26(14-22)18(7)8;1-14(2)21-10-19(11-22(15(3)4)25(21)28)20-12-23(16(5)6)26(29-18(9)27)24(13-20)17(7)8/h11-18H,1-10H3;10-17,28H,1-9H3. The van der Waals surface area contributed by atoms with E-state index in [1.54, 1.807) is 0 Å². The lowest BCUT2D eigenvalue weighted by Gasteiger charge is -2.23. The molecule has 0 spiro atoms. The fraction of sp³-hybridized carbons (Fsp3) is 0.500. The van der Waals surface area contributed by atoms with Crippen molar-refractivity contribution >= 4 is 17.9 Å². The highest BCUT2D eigenvalue weighted by Crippen LogP contribution is 2.45. The van der Waals surface area contributed by atoms with Crippen LogP contribution >= 0.6 is 0 Å². The van der Waals surface area contributed by atoms with Crippen molar-refractivity contribution in [2.75, 3.05) is 0 Å². The number of rotatable bonds is 13. The van der Waals surface area contributed by atoms with E-state index < -0.39 is 0 Å². The van der Waals surface area contributed by atoms with E-state index in [-0.39, 0.29) is 65.3 Å². The van der Waals surface area contributed by atoms with Crippen molar-refractivity contribution in [1.29, 1.82) is 0 Å². The lowest BCUT2D eigenvalue weighted by molar-refractivity contribution is -0.133. The molecular formula is C54H74O7. The van der Waals surface area contributed by atoms with Gasteiger partial charge in [0, 0.05) is 20.8 Å². The first-order chi connectivity index (χ1) is 28.3. The Hall–Kier alpha value is -4.91. The minimum absolute atomic E-state index is 0.191. The van der Waals surface area contributed by atoms with Crippen molar-refractivity contribution in [3.8, 4) is 45.3 Å². The third-order valence-corrected chi connectivity index (χ3v) is 11.0. The summed E-state index contributed by atoms with van der Waals surface area (Å²) < 4.78 is 17.0. The molecule has 61 heavy (non-hydrogen) atoms. The number of aromatic hydroxyl groups is 1. The Kier molecular flexibility index (Phi) is 17.6. The minimum atomic E-state index is -0.309. The van der Waals surface area contributed by atoms with E-state index in [9.17, 15) is 19.5 Å². The number of hydrogen-bond donors (Lipinski definition) is 1. The molecule has 4 aromatic carbocycles. The zero-order chi connectivity index (χ0) is 46.4. The Bertz CT molecular complexity index is 2000. The molecule has 0 aromatic heterocycles. The van der Waals surface area contributed by atoms with E-state index in [1.807, 2.05) is 0 Å². The van der Waals surface area contributed by atoms with Crippen LogP contribution in [0, 0.1) is 0 Å². The molecule has 0 aliphatic carbocycles. The number of phenols is 1. The maximum atomic E-state index is 11.8. The lowest BCUT2D eigenvalue weighted by Crippen LogP contribution is -2.10. The van der Waals surface area contributed by atoms with E-state index in [0.29, 0.717) is 23.0 Å². The van der Waals surface area contributed by atoms with Gasteiger partial charge >= 0.3 is 17.9 Å². The molecule has 0 atom stereocenters. The van der Waals surface area contributed by atoms with E-state index in [2.05, 4.69) is 159 Å².